The van der Waals surface area contributed by atoms with E-state index in [1.54, 1.807) is 6.07 Å². The van der Waals surface area contributed by atoms with Gasteiger partial charge >= 0.3 is 0 Å². The zero-order valence-electron chi connectivity index (χ0n) is 13.4. The van der Waals surface area contributed by atoms with E-state index < -0.39 is 0 Å². The number of amides is 1. The maximum absolute atomic E-state index is 12.2. The molecule has 0 atom stereocenters. The van der Waals surface area contributed by atoms with Crippen LogP contribution in [0.4, 0.5) is 5.69 Å². The molecule has 4 nitrogen and oxygen atoms in total. The van der Waals surface area contributed by atoms with Gasteiger partial charge in [0.2, 0.25) is 0 Å². The molecule has 0 saturated heterocycles. The lowest BCUT2D eigenvalue weighted by Gasteiger charge is -2.24. The summed E-state index contributed by atoms with van der Waals surface area (Å²) < 4.78 is 0. The van der Waals surface area contributed by atoms with E-state index in [0.717, 1.165) is 17.7 Å². The molecule has 0 unspecified atom stereocenters. The van der Waals surface area contributed by atoms with Gasteiger partial charge < -0.3 is 16.0 Å². The molecule has 1 amide bonds. The number of aryl methyl sites for hydroxylation is 2. The maximum atomic E-state index is 12.2. The molecule has 2 rings (SSSR count). The number of nitrogens with two attached hydrogens (primary N) is 1. The SMILES string of the molecule is Cc1cc(C)c(C(=O)NCCN(C)C2CCCC2)cc1N. The highest BCUT2D eigenvalue weighted by molar-refractivity contribution is 5.96. The fourth-order valence-electron chi connectivity index (χ4n) is 3.08. The van der Waals surface area contributed by atoms with E-state index in [2.05, 4.69) is 17.3 Å². The Balaban J connectivity index is 1.85. The van der Waals surface area contributed by atoms with Crippen LogP contribution in [0.2, 0.25) is 0 Å². The Bertz CT molecular complexity index is 507. The second kappa shape index (κ2) is 6.94. The summed E-state index contributed by atoms with van der Waals surface area (Å²) in [5.74, 6) is -0.0287. The van der Waals surface area contributed by atoms with Crippen LogP contribution in [0, 0.1) is 13.8 Å². The van der Waals surface area contributed by atoms with Crippen LogP contribution in [-0.4, -0.2) is 37.0 Å². The van der Waals surface area contributed by atoms with Gasteiger partial charge in [-0.25, -0.2) is 0 Å². The van der Waals surface area contributed by atoms with Crippen LogP contribution in [0.1, 0.15) is 47.2 Å². The summed E-state index contributed by atoms with van der Waals surface area (Å²) in [5.41, 5.74) is 9.25. The number of rotatable bonds is 5. The van der Waals surface area contributed by atoms with Crippen LogP contribution in [0.25, 0.3) is 0 Å². The van der Waals surface area contributed by atoms with Gasteiger partial charge in [0, 0.05) is 30.4 Å². The predicted octanol–water partition coefficient (Wildman–Crippen LogP) is 2.49. The third-order valence-electron chi connectivity index (χ3n) is 4.56. The normalized spacial score (nSPS) is 15.6. The van der Waals surface area contributed by atoms with Crippen molar-refractivity contribution in [2.24, 2.45) is 0 Å². The Labute approximate surface area is 127 Å². The van der Waals surface area contributed by atoms with Gasteiger partial charge in [-0.15, -0.1) is 0 Å². The van der Waals surface area contributed by atoms with Crippen LogP contribution in [0.15, 0.2) is 12.1 Å². The second-order valence-corrected chi connectivity index (χ2v) is 6.20. The topological polar surface area (TPSA) is 58.4 Å². The summed E-state index contributed by atoms with van der Waals surface area (Å²) in [6.45, 7) is 5.49. The highest BCUT2D eigenvalue weighted by Crippen LogP contribution is 2.22. The number of nitrogens with one attached hydrogen (secondary N) is 1. The lowest BCUT2D eigenvalue weighted by Crippen LogP contribution is -2.37. The first-order valence-corrected chi connectivity index (χ1v) is 7.84. The van der Waals surface area contributed by atoms with Gasteiger partial charge in [0.25, 0.3) is 5.91 Å². The molecule has 0 radical (unpaired) electrons. The molecule has 21 heavy (non-hydrogen) atoms. The first-order chi connectivity index (χ1) is 9.99. The van der Waals surface area contributed by atoms with Crippen LogP contribution in [0.3, 0.4) is 0 Å². The number of likely N-dealkylation sites (N-methyl/N-ethyl adjacent to an activating group) is 1. The van der Waals surface area contributed by atoms with E-state index in [1.165, 1.54) is 25.7 Å². The molecule has 1 saturated carbocycles. The summed E-state index contributed by atoms with van der Waals surface area (Å²) >= 11 is 0. The van der Waals surface area contributed by atoms with Gasteiger partial charge in [0.05, 0.1) is 0 Å². The summed E-state index contributed by atoms with van der Waals surface area (Å²) in [6, 6.07) is 4.44. The van der Waals surface area contributed by atoms with Gasteiger partial charge in [0.15, 0.2) is 0 Å². The van der Waals surface area contributed by atoms with Crippen molar-refractivity contribution in [2.75, 3.05) is 25.9 Å². The number of hydrogen-bond donors (Lipinski definition) is 2. The Morgan fingerprint density at radius 1 is 1.29 bits per heavy atom. The zero-order valence-corrected chi connectivity index (χ0v) is 13.4. The molecule has 0 bridgehead atoms. The molecule has 116 valence electrons. The molecule has 1 aromatic carbocycles. The minimum atomic E-state index is -0.0287. The Kier molecular flexibility index (Phi) is 5.23. The fraction of sp³-hybridized carbons (Fsp3) is 0.588. The molecule has 3 N–H and O–H groups in total. The van der Waals surface area contributed by atoms with Crippen LogP contribution < -0.4 is 11.1 Å². The second-order valence-electron chi connectivity index (χ2n) is 6.20. The summed E-state index contributed by atoms with van der Waals surface area (Å²) in [4.78, 5) is 14.6. The summed E-state index contributed by atoms with van der Waals surface area (Å²) in [7, 11) is 2.15. The first-order valence-electron chi connectivity index (χ1n) is 7.84. The van der Waals surface area contributed by atoms with Gasteiger partial charge in [0.1, 0.15) is 0 Å². The Morgan fingerprint density at radius 3 is 2.62 bits per heavy atom. The van der Waals surface area contributed by atoms with Gasteiger partial charge in [-0.1, -0.05) is 18.9 Å². The highest BCUT2D eigenvalue weighted by Gasteiger charge is 2.19. The number of benzene rings is 1. The van der Waals surface area contributed by atoms with Crippen LogP contribution in [0.5, 0.6) is 0 Å². The molecule has 1 aromatic rings. The molecular weight excluding hydrogens is 262 g/mol. The lowest BCUT2D eigenvalue weighted by molar-refractivity contribution is 0.0946. The van der Waals surface area contributed by atoms with E-state index in [9.17, 15) is 4.79 Å². The van der Waals surface area contributed by atoms with Crippen molar-refractivity contribution in [1.29, 1.82) is 0 Å². The van der Waals surface area contributed by atoms with Crippen molar-refractivity contribution in [3.8, 4) is 0 Å². The van der Waals surface area contributed by atoms with Crippen molar-refractivity contribution in [1.82, 2.24) is 10.2 Å². The number of carbonyl (C=O) groups excluding carboxylic acids is 1. The van der Waals surface area contributed by atoms with Crippen molar-refractivity contribution in [2.45, 2.75) is 45.6 Å². The fourth-order valence-corrected chi connectivity index (χ4v) is 3.08. The smallest absolute Gasteiger partial charge is 0.251 e. The average Bonchev–Trinajstić information content (AvgIpc) is 2.96. The molecular formula is C17H27N3O. The molecule has 0 aromatic heterocycles. The molecule has 1 fully saturated rings. The molecule has 0 spiro atoms. The third-order valence-corrected chi connectivity index (χ3v) is 4.56. The van der Waals surface area contributed by atoms with Crippen LogP contribution in [-0.2, 0) is 0 Å². The standard InChI is InChI=1S/C17H27N3O/c1-12-10-13(2)16(18)11-15(12)17(21)19-8-9-20(3)14-6-4-5-7-14/h10-11,14H,4-9,18H2,1-3H3,(H,19,21). The number of hydrogen-bond acceptors (Lipinski definition) is 3. The Morgan fingerprint density at radius 2 is 1.95 bits per heavy atom. The third kappa shape index (κ3) is 3.97. The van der Waals surface area contributed by atoms with Crippen molar-refractivity contribution >= 4 is 11.6 Å². The molecule has 4 heteroatoms. The molecule has 0 heterocycles. The van der Waals surface area contributed by atoms with Crippen molar-refractivity contribution in [3.63, 3.8) is 0 Å². The molecule has 1 aliphatic carbocycles. The number of nitrogens with zero attached hydrogens (tertiary/aromatic N) is 1. The number of anilines is 1. The number of nitrogen functional groups attached to an aromatic ring is 1. The van der Waals surface area contributed by atoms with Gasteiger partial charge in [-0.05, 0) is 50.9 Å². The molecule has 0 aliphatic heterocycles. The number of carbonyl (C=O) groups is 1. The molecule has 1 aliphatic rings. The van der Waals surface area contributed by atoms with E-state index in [0.29, 0.717) is 23.8 Å². The zero-order chi connectivity index (χ0) is 15.4. The lowest BCUT2D eigenvalue weighted by atomic mass is 10.0. The van der Waals surface area contributed by atoms with E-state index >= 15 is 0 Å². The minimum Gasteiger partial charge on any atom is -0.398 e. The van der Waals surface area contributed by atoms with Gasteiger partial charge in [-0.2, -0.15) is 0 Å². The predicted molar refractivity (Wildman–Crippen MR) is 87.5 cm³/mol. The van der Waals surface area contributed by atoms with Crippen molar-refractivity contribution < 1.29 is 4.79 Å². The van der Waals surface area contributed by atoms with Gasteiger partial charge in [-0.3, -0.25) is 4.79 Å². The van der Waals surface area contributed by atoms with Crippen molar-refractivity contribution in [3.05, 3.63) is 28.8 Å². The average molecular weight is 289 g/mol. The van der Waals surface area contributed by atoms with E-state index in [1.807, 2.05) is 19.9 Å². The first kappa shape index (κ1) is 15.8. The van der Waals surface area contributed by atoms with Crippen LogP contribution >= 0.6 is 0 Å². The largest absolute Gasteiger partial charge is 0.398 e. The van der Waals surface area contributed by atoms with E-state index in [4.69, 9.17) is 5.73 Å². The minimum absolute atomic E-state index is 0.0287. The van der Waals surface area contributed by atoms with E-state index in [-0.39, 0.29) is 5.91 Å². The summed E-state index contributed by atoms with van der Waals surface area (Å²) in [6.07, 6.45) is 5.25. The quantitative estimate of drug-likeness (QED) is 0.819. The maximum Gasteiger partial charge on any atom is 0.251 e. The monoisotopic (exact) mass is 289 g/mol. The highest BCUT2D eigenvalue weighted by atomic mass is 16.1. The Hall–Kier alpha value is -1.55. The summed E-state index contributed by atoms with van der Waals surface area (Å²) in [5, 5.41) is 3.00.